The Morgan fingerprint density at radius 1 is 1.35 bits per heavy atom. The van der Waals surface area contributed by atoms with Crippen LogP contribution in [0.15, 0.2) is 40.5 Å². The van der Waals surface area contributed by atoms with E-state index in [1.165, 1.54) is 12.0 Å². The zero-order valence-corrected chi connectivity index (χ0v) is 14.2. The molecule has 0 spiro atoms. The summed E-state index contributed by atoms with van der Waals surface area (Å²) in [6, 6.07) is 8.12. The summed E-state index contributed by atoms with van der Waals surface area (Å²) in [5.74, 6) is -0.0129. The lowest BCUT2D eigenvalue weighted by Gasteiger charge is -2.38. The number of hydrogen-bond acceptors (Lipinski definition) is 5. The third-order valence-corrected chi connectivity index (χ3v) is 5.80. The van der Waals surface area contributed by atoms with Crippen molar-refractivity contribution in [2.24, 2.45) is 0 Å². The van der Waals surface area contributed by atoms with Gasteiger partial charge in [-0.15, -0.1) is 11.3 Å². The van der Waals surface area contributed by atoms with Gasteiger partial charge in [-0.05, 0) is 47.0 Å². The number of fused-ring (bicyclic) bond motifs is 1. The highest BCUT2D eigenvalue weighted by Crippen LogP contribution is 2.27. The van der Waals surface area contributed by atoms with Crippen LogP contribution in [0.5, 0.6) is 0 Å². The molecule has 2 aromatic heterocycles. The van der Waals surface area contributed by atoms with Crippen molar-refractivity contribution < 1.29 is 4.79 Å². The monoisotopic (exact) mass is 343 g/mol. The summed E-state index contributed by atoms with van der Waals surface area (Å²) in [5.41, 5.74) is 4.76. The topological polar surface area (TPSA) is 45.2 Å². The molecular weight excluding hydrogens is 326 g/mol. The molecule has 1 N–H and O–H groups in total. The van der Waals surface area contributed by atoms with Gasteiger partial charge in [-0.3, -0.25) is 9.69 Å². The molecule has 0 saturated carbocycles. The zero-order chi connectivity index (χ0) is 15.6. The second-order valence-corrected chi connectivity index (χ2v) is 7.37. The first-order valence-electron chi connectivity index (χ1n) is 7.69. The van der Waals surface area contributed by atoms with Crippen LogP contribution >= 0.6 is 22.7 Å². The summed E-state index contributed by atoms with van der Waals surface area (Å²) in [4.78, 5) is 19.1. The van der Waals surface area contributed by atoms with Gasteiger partial charge in [-0.25, -0.2) is 4.98 Å². The lowest BCUT2D eigenvalue weighted by atomic mass is 10.0. The van der Waals surface area contributed by atoms with Crippen LogP contribution in [0, 0.1) is 0 Å². The van der Waals surface area contributed by atoms with E-state index in [1.807, 2.05) is 23.7 Å². The molecule has 1 atom stereocenters. The van der Waals surface area contributed by atoms with Crippen molar-refractivity contribution in [2.45, 2.75) is 12.5 Å². The summed E-state index contributed by atoms with van der Waals surface area (Å²) in [7, 11) is 0. The number of aromatic nitrogens is 1. The average Bonchev–Trinajstić information content (AvgIpc) is 3.18. The molecule has 1 fully saturated rings. The number of carbonyl (C=O) groups excluding carboxylic acids is 1. The lowest BCUT2D eigenvalue weighted by molar-refractivity contribution is 0.0885. The van der Waals surface area contributed by atoms with Gasteiger partial charge in [-0.1, -0.05) is 0 Å². The van der Waals surface area contributed by atoms with Crippen molar-refractivity contribution in [3.8, 4) is 0 Å². The molecule has 1 saturated heterocycles. The molecule has 118 valence electrons. The van der Waals surface area contributed by atoms with Crippen molar-refractivity contribution >= 4 is 38.8 Å². The second kappa shape index (κ2) is 6.39. The number of amides is 1. The van der Waals surface area contributed by atoms with Gasteiger partial charge >= 0.3 is 0 Å². The number of thiophene rings is 1. The van der Waals surface area contributed by atoms with E-state index in [1.54, 1.807) is 22.7 Å². The Bertz CT molecular complexity index is 808. The lowest BCUT2D eigenvalue weighted by Crippen LogP contribution is -2.45. The Labute approximate surface area is 142 Å². The number of hydrogen-bond donors (Lipinski definition) is 1. The standard InChI is InChI=1S/C17H17N3OS2/c21-17(12-2-3-14-16(8-12)23-11-19-14)18-9-15(20-5-1-6-20)13-4-7-22-10-13/h2-4,7-8,10-11,15H,1,5-6,9H2,(H,18,21). The molecular formula is C17H17N3OS2. The van der Waals surface area contributed by atoms with Gasteiger partial charge < -0.3 is 5.32 Å². The van der Waals surface area contributed by atoms with Crippen LogP contribution in [0.1, 0.15) is 28.4 Å². The number of nitrogens with zero attached hydrogens (tertiary/aromatic N) is 2. The first kappa shape index (κ1) is 14.8. The van der Waals surface area contributed by atoms with E-state index in [4.69, 9.17) is 0 Å². The van der Waals surface area contributed by atoms with Crippen LogP contribution in [0.4, 0.5) is 0 Å². The molecule has 1 unspecified atom stereocenters. The molecule has 4 rings (SSSR count). The highest BCUT2D eigenvalue weighted by atomic mass is 32.1. The maximum atomic E-state index is 12.5. The van der Waals surface area contributed by atoms with Gasteiger partial charge in [0.25, 0.3) is 5.91 Å². The van der Waals surface area contributed by atoms with Gasteiger partial charge in [0.15, 0.2) is 0 Å². The largest absolute Gasteiger partial charge is 0.350 e. The predicted molar refractivity (Wildman–Crippen MR) is 95.2 cm³/mol. The molecule has 0 bridgehead atoms. The molecule has 0 aliphatic carbocycles. The third kappa shape index (κ3) is 3.02. The Hall–Kier alpha value is -1.76. The van der Waals surface area contributed by atoms with E-state index in [9.17, 15) is 4.79 Å². The predicted octanol–water partition coefficient (Wildman–Crippen LogP) is 3.53. The van der Waals surface area contributed by atoms with Gasteiger partial charge in [0.1, 0.15) is 0 Å². The molecule has 0 radical (unpaired) electrons. The van der Waals surface area contributed by atoms with Gasteiger partial charge in [0.05, 0.1) is 21.8 Å². The van der Waals surface area contributed by atoms with Gasteiger partial charge in [0, 0.05) is 25.2 Å². The number of benzene rings is 1. The third-order valence-electron chi connectivity index (χ3n) is 4.31. The minimum atomic E-state index is -0.0129. The van der Waals surface area contributed by atoms with E-state index < -0.39 is 0 Å². The van der Waals surface area contributed by atoms with Crippen LogP contribution in [-0.2, 0) is 0 Å². The minimum Gasteiger partial charge on any atom is -0.350 e. The highest BCUT2D eigenvalue weighted by Gasteiger charge is 2.26. The fraction of sp³-hybridized carbons (Fsp3) is 0.294. The Kier molecular flexibility index (Phi) is 4.11. The molecule has 3 heterocycles. The SMILES string of the molecule is O=C(NCC(c1ccsc1)N1CCC1)c1ccc2ncsc2c1. The van der Waals surface area contributed by atoms with Crippen LogP contribution < -0.4 is 5.32 Å². The van der Waals surface area contributed by atoms with E-state index in [0.717, 1.165) is 23.3 Å². The molecule has 1 aliphatic rings. The van der Waals surface area contributed by atoms with Crippen molar-refractivity contribution in [1.29, 1.82) is 0 Å². The van der Waals surface area contributed by atoms with Crippen LogP contribution in [-0.4, -0.2) is 35.4 Å². The fourth-order valence-electron chi connectivity index (χ4n) is 2.86. The summed E-state index contributed by atoms with van der Waals surface area (Å²) < 4.78 is 1.05. The average molecular weight is 343 g/mol. The molecule has 1 aliphatic heterocycles. The Balaban J connectivity index is 1.46. The highest BCUT2D eigenvalue weighted by molar-refractivity contribution is 7.16. The second-order valence-electron chi connectivity index (χ2n) is 5.71. The summed E-state index contributed by atoms with van der Waals surface area (Å²) in [6.45, 7) is 2.88. The summed E-state index contributed by atoms with van der Waals surface area (Å²) in [6.07, 6.45) is 1.25. The van der Waals surface area contributed by atoms with E-state index in [-0.39, 0.29) is 11.9 Å². The molecule has 3 aromatic rings. The maximum Gasteiger partial charge on any atom is 0.251 e. The number of thiazole rings is 1. The van der Waals surface area contributed by atoms with Crippen molar-refractivity contribution in [3.63, 3.8) is 0 Å². The number of rotatable bonds is 5. The Morgan fingerprint density at radius 3 is 3.00 bits per heavy atom. The molecule has 23 heavy (non-hydrogen) atoms. The van der Waals surface area contributed by atoms with Crippen LogP contribution in [0.3, 0.4) is 0 Å². The van der Waals surface area contributed by atoms with Crippen LogP contribution in [0.25, 0.3) is 10.2 Å². The zero-order valence-electron chi connectivity index (χ0n) is 12.6. The maximum absolute atomic E-state index is 12.5. The van der Waals surface area contributed by atoms with Gasteiger partial charge in [0.2, 0.25) is 0 Å². The van der Waals surface area contributed by atoms with E-state index in [2.05, 4.69) is 32.0 Å². The minimum absolute atomic E-state index is 0.0129. The first-order chi connectivity index (χ1) is 11.3. The molecule has 1 amide bonds. The number of carbonyl (C=O) groups is 1. The van der Waals surface area contributed by atoms with E-state index >= 15 is 0 Å². The number of nitrogens with one attached hydrogen (secondary N) is 1. The van der Waals surface area contributed by atoms with Crippen molar-refractivity contribution in [1.82, 2.24) is 15.2 Å². The molecule has 4 nitrogen and oxygen atoms in total. The Morgan fingerprint density at radius 2 is 2.26 bits per heavy atom. The molecule has 6 heteroatoms. The molecule has 1 aromatic carbocycles. The summed E-state index contributed by atoms with van der Waals surface area (Å²) in [5, 5.41) is 7.38. The van der Waals surface area contributed by atoms with Crippen LogP contribution in [0.2, 0.25) is 0 Å². The number of likely N-dealkylation sites (tertiary alicyclic amines) is 1. The first-order valence-corrected chi connectivity index (χ1v) is 9.51. The van der Waals surface area contributed by atoms with Gasteiger partial charge in [-0.2, -0.15) is 11.3 Å². The quantitative estimate of drug-likeness (QED) is 0.771. The fourth-order valence-corrected chi connectivity index (χ4v) is 4.29. The van der Waals surface area contributed by atoms with Crippen molar-refractivity contribution in [3.05, 3.63) is 51.7 Å². The smallest absolute Gasteiger partial charge is 0.251 e. The summed E-state index contributed by atoms with van der Waals surface area (Å²) >= 11 is 3.27. The normalized spacial score (nSPS) is 16.2. The van der Waals surface area contributed by atoms with E-state index in [0.29, 0.717) is 12.1 Å². The van der Waals surface area contributed by atoms with Crippen molar-refractivity contribution in [2.75, 3.05) is 19.6 Å².